The van der Waals surface area contributed by atoms with Crippen LogP contribution in [0.4, 0.5) is 4.39 Å². The van der Waals surface area contributed by atoms with Gasteiger partial charge >= 0.3 is 5.69 Å². The van der Waals surface area contributed by atoms with E-state index in [1.165, 1.54) is 12.1 Å². The number of nitrogens with zero attached hydrogens (tertiary/aromatic N) is 1. The number of benzene rings is 1. The Bertz CT molecular complexity index is 562. The van der Waals surface area contributed by atoms with Crippen LogP contribution in [0.5, 0.6) is 0 Å². The SMILES string of the molecule is O=Cc1[nH]c(=O)nc2ccc(F)cc12. The molecule has 0 spiro atoms. The van der Waals surface area contributed by atoms with Gasteiger partial charge in [0.05, 0.1) is 11.2 Å². The van der Waals surface area contributed by atoms with Gasteiger partial charge in [-0.25, -0.2) is 9.18 Å². The third-order valence-corrected chi connectivity index (χ3v) is 1.83. The summed E-state index contributed by atoms with van der Waals surface area (Å²) in [7, 11) is 0. The number of hydrogen-bond acceptors (Lipinski definition) is 3. The van der Waals surface area contributed by atoms with Crippen molar-refractivity contribution in [2.24, 2.45) is 0 Å². The summed E-state index contributed by atoms with van der Waals surface area (Å²) in [6, 6.07) is 3.69. The number of H-pyrrole nitrogens is 1. The lowest BCUT2D eigenvalue weighted by Gasteiger charge is -1.98. The van der Waals surface area contributed by atoms with Gasteiger partial charge in [0.15, 0.2) is 6.29 Å². The highest BCUT2D eigenvalue weighted by atomic mass is 19.1. The number of aromatic amines is 1. The minimum atomic E-state index is -0.619. The van der Waals surface area contributed by atoms with Crippen LogP contribution in [-0.2, 0) is 0 Å². The van der Waals surface area contributed by atoms with E-state index in [-0.39, 0.29) is 5.69 Å². The van der Waals surface area contributed by atoms with Crippen molar-refractivity contribution in [2.75, 3.05) is 0 Å². The van der Waals surface area contributed by atoms with Crippen molar-refractivity contribution in [1.29, 1.82) is 0 Å². The molecule has 2 aromatic rings. The molecule has 14 heavy (non-hydrogen) atoms. The predicted molar refractivity (Wildman–Crippen MR) is 47.7 cm³/mol. The summed E-state index contributed by atoms with van der Waals surface area (Å²) in [5.41, 5.74) is -0.275. The van der Waals surface area contributed by atoms with Gasteiger partial charge < -0.3 is 4.98 Å². The van der Waals surface area contributed by atoms with Crippen molar-refractivity contribution in [3.8, 4) is 0 Å². The molecule has 4 nitrogen and oxygen atoms in total. The molecule has 0 bridgehead atoms. The average Bonchev–Trinajstić information content (AvgIpc) is 2.17. The number of carbonyl (C=O) groups excluding carboxylic acids is 1. The highest BCUT2D eigenvalue weighted by molar-refractivity contribution is 5.93. The van der Waals surface area contributed by atoms with Gasteiger partial charge in [0.2, 0.25) is 0 Å². The van der Waals surface area contributed by atoms with Gasteiger partial charge in [-0.05, 0) is 18.2 Å². The molecule has 0 amide bonds. The first kappa shape index (κ1) is 8.55. The van der Waals surface area contributed by atoms with Crippen LogP contribution in [-0.4, -0.2) is 16.3 Å². The lowest BCUT2D eigenvalue weighted by atomic mass is 10.2. The first-order chi connectivity index (χ1) is 6.70. The molecule has 0 fully saturated rings. The number of aldehydes is 1. The number of fused-ring (bicyclic) bond motifs is 1. The largest absolute Gasteiger partial charge is 0.346 e. The number of rotatable bonds is 1. The molecular formula is C9H5FN2O2. The molecule has 1 aromatic carbocycles. The van der Waals surface area contributed by atoms with Gasteiger partial charge in [-0.1, -0.05) is 0 Å². The minimum Gasteiger partial charge on any atom is -0.302 e. The summed E-state index contributed by atoms with van der Waals surface area (Å²) in [4.78, 5) is 27.3. The highest BCUT2D eigenvalue weighted by Crippen LogP contribution is 2.13. The van der Waals surface area contributed by atoms with Crippen LogP contribution in [0.15, 0.2) is 23.0 Å². The summed E-state index contributed by atoms with van der Waals surface area (Å²) in [5, 5.41) is 0.305. The average molecular weight is 192 g/mol. The van der Waals surface area contributed by atoms with Gasteiger partial charge in [0.1, 0.15) is 5.82 Å². The second-order valence-corrected chi connectivity index (χ2v) is 2.73. The summed E-state index contributed by atoms with van der Waals surface area (Å²) >= 11 is 0. The minimum absolute atomic E-state index is 0.0412. The number of nitrogens with one attached hydrogen (secondary N) is 1. The molecule has 5 heteroatoms. The summed E-state index contributed by atoms with van der Waals surface area (Å²) in [6.07, 6.45) is 0.463. The molecule has 1 heterocycles. The number of carbonyl (C=O) groups is 1. The Morgan fingerprint density at radius 2 is 2.21 bits per heavy atom. The number of hydrogen-bond donors (Lipinski definition) is 1. The fourth-order valence-electron chi connectivity index (χ4n) is 1.23. The van der Waals surface area contributed by atoms with Crippen molar-refractivity contribution in [2.45, 2.75) is 0 Å². The molecule has 0 radical (unpaired) electrons. The van der Waals surface area contributed by atoms with E-state index < -0.39 is 11.5 Å². The van der Waals surface area contributed by atoms with Crippen molar-refractivity contribution in [3.05, 3.63) is 40.2 Å². The van der Waals surface area contributed by atoms with E-state index in [1.54, 1.807) is 0 Å². The zero-order valence-electron chi connectivity index (χ0n) is 6.95. The van der Waals surface area contributed by atoms with Crippen LogP contribution >= 0.6 is 0 Å². The van der Waals surface area contributed by atoms with E-state index in [9.17, 15) is 14.0 Å². The van der Waals surface area contributed by atoms with Crippen LogP contribution in [0.3, 0.4) is 0 Å². The van der Waals surface area contributed by atoms with Gasteiger partial charge in [0.25, 0.3) is 0 Å². The Hall–Kier alpha value is -2.04. The van der Waals surface area contributed by atoms with Crippen molar-refractivity contribution in [3.63, 3.8) is 0 Å². The normalized spacial score (nSPS) is 10.4. The first-order valence-corrected chi connectivity index (χ1v) is 3.85. The first-order valence-electron chi connectivity index (χ1n) is 3.85. The zero-order valence-corrected chi connectivity index (χ0v) is 6.95. The molecule has 0 saturated heterocycles. The summed E-state index contributed by atoms with van der Waals surface area (Å²) in [6.45, 7) is 0. The maximum absolute atomic E-state index is 12.8. The molecule has 0 atom stereocenters. The summed E-state index contributed by atoms with van der Waals surface area (Å²) < 4.78 is 12.8. The number of aromatic nitrogens is 2. The molecule has 1 N–H and O–H groups in total. The highest BCUT2D eigenvalue weighted by Gasteiger charge is 2.04. The van der Waals surface area contributed by atoms with Crippen LogP contribution in [0, 0.1) is 5.82 Å². The second-order valence-electron chi connectivity index (χ2n) is 2.73. The molecule has 1 aromatic heterocycles. The molecule has 0 aliphatic heterocycles. The third-order valence-electron chi connectivity index (χ3n) is 1.83. The fraction of sp³-hybridized carbons (Fsp3) is 0. The van der Waals surface area contributed by atoms with E-state index in [1.807, 2.05) is 0 Å². The monoisotopic (exact) mass is 192 g/mol. The Labute approximate surface area is 77.4 Å². The van der Waals surface area contributed by atoms with E-state index in [4.69, 9.17) is 0 Å². The van der Waals surface area contributed by atoms with Gasteiger partial charge in [-0.15, -0.1) is 0 Å². The molecule has 0 aliphatic rings. The summed E-state index contributed by atoms with van der Waals surface area (Å²) in [5.74, 6) is -0.477. The van der Waals surface area contributed by atoms with Gasteiger partial charge in [0, 0.05) is 5.39 Å². The Balaban J connectivity index is 2.95. The van der Waals surface area contributed by atoms with Crippen molar-refractivity contribution < 1.29 is 9.18 Å². The van der Waals surface area contributed by atoms with Crippen LogP contribution < -0.4 is 5.69 Å². The molecule has 2 rings (SSSR count). The fourth-order valence-corrected chi connectivity index (χ4v) is 1.23. The maximum Gasteiger partial charge on any atom is 0.346 e. The smallest absolute Gasteiger partial charge is 0.302 e. The zero-order chi connectivity index (χ0) is 10.1. The Kier molecular flexibility index (Phi) is 1.85. The molecule has 70 valence electrons. The topological polar surface area (TPSA) is 62.8 Å². The standard InChI is InChI=1S/C9H5FN2O2/c10-5-1-2-7-6(3-5)8(4-13)12-9(14)11-7/h1-4H,(H,11,12,14). The second kappa shape index (κ2) is 3.02. The van der Waals surface area contributed by atoms with E-state index in [0.717, 1.165) is 6.07 Å². The predicted octanol–water partition coefficient (Wildman–Crippen LogP) is 0.875. The molecule has 0 aliphatic carbocycles. The third kappa shape index (κ3) is 1.28. The molecule has 0 unspecified atom stereocenters. The Morgan fingerprint density at radius 1 is 1.43 bits per heavy atom. The van der Waals surface area contributed by atoms with Gasteiger partial charge in [-0.3, -0.25) is 4.79 Å². The lowest BCUT2D eigenvalue weighted by molar-refractivity contribution is 0.112. The molecule has 0 saturated carbocycles. The number of halogens is 1. The van der Waals surface area contributed by atoms with Crippen LogP contribution in [0.1, 0.15) is 10.5 Å². The van der Waals surface area contributed by atoms with Gasteiger partial charge in [-0.2, -0.15) is 4.98 Å². The van der Waals surface area contributed by atoms with Crippen LogP contribution in [0.2, 0.25) is 0 Å². The van der Waals surface area contributed by atoms with Crippen molar-refractivity contribution >= 4 is 17.2 Å². The van der Waals surface area contributed by atoms with Crippen LogP contribution in [0.25, 0.3) is 10.9 Å². The van der Waals surface area contributed by atoms with Crippen molar-refractivity contribution in [1.82, 2.24) is 9.97 Å². The van der Waals surface area contributed by atoms with E-state index in [2.05, 4.69) is 9.97 Å². The maximum atomic E-state index is 12.8. The van der Waals surface area contributed by atoms with E-state index in [0.29, 0.717) is 17.2 Å². The molecular weight excluding hydrogens is 187 g/mol. The lowest BCUT2D eigenvalue weighted by Crippen LogP contribution is -2.12. The Morgan fingerprint density at radius 3 is 2.93 bits per heavy atom. The van der Waals surface area contributed by atoms with E-state index >= 15 is 0 Å². The quantitative estimate of drug-likeness (QED) is 0.682.